The van der Waals surface area contributed by atoms with E-state index < -0.39 is 0 Å². The molecule has 1 fully saturated rings. The lowest BCUT2D eigenvalue weighted by Crippen LogP contribution is -2.48. The Morgan fingerprint density at radius 1 is 1.33 bits per heavy atom. The van der Waals surface area contributed by atoms with Crippen LogP contribution >= 0.6 is 0 Å². The van der Waals surface area contributed by atoms with E-state index in [-0.39, 0.29) is 18.6 Å². The molecule has 0 aliphatic carbocycles. The summed E-state index contributed by atoms with van der Waals surface area (Å²) in [6, 6.07) is 7.98. The second-order valence-electron chi connectivity index (χ2n) is 7.21. The molecule has 1 aromatic carbocycles. The first kappa shape index (κ1) is 19.4. The van der Waals surface area contributed by atoms with Gasteiger partial charge in [-0.1, -0.05) is 17.3 Å². The number of nitrogens with zero attached hydrogens (tertiary/aromatic N) is 4. The van der Waals surface area contributed by atoms with Gasteiger partial charge in [-0.25, -0.2) is 0 Å². The van der Waals surface area contributed by atoms with Crippen LogP contribution in [-0.2, 0) is 11.2 Å². The van der Waals surface area contributed by atoms with Gasteiger partial charge < -0.3 is 19.1 Å². The maximum absolute atomic E-state index is 12.9. The van der Waals surface area contributed by atoms with Crippen molar-refractivity contribution in [2.75, 3.05) is 33.3 Å². The molecule has 0 atom stereocenters. The van der Waals surface area contributed by atoms with Crippen LogP contribution in [0.4, 0.5) is 0 Å². The number of carbonyl (C=O) groups excluding carboxylic acids is 1. The van der Waals surface area contributed by atoms with Gasteiger partial charge in [0.2, 0.25) is 5.89 Å². The van der Waals surface area contributed by atoms with Crippen LogP contribution in [0.2, 0.25) is 0 Å². The molecule has 1 aliphatic rings. The number of hydrogen-bond donors (Lipinski definition) is 0. The summed E-state index contributed by atoms with van der Waals surface area (Å²) in [5.41, 5.74) is 1.11. The molecule has 0 N–H and O–H groups in total. The van der Waals surface area contributed by atoms with E-state index in [0.29, 0.717) is 24.7 Å². The molecule has 2 aromatic rings. The Kier molecular flexibility index (Phi) is 6.45. The lowest BCUT2D eigenvalue weighted by molar-refractivity contribution is -0.136. The molecule has 0 unspecified atom stereocenters. The fraction of sp³-hybridized carbons (Fsp3) is 0.550. The summed E-state index contributed by atoms with van der Waals surface area (Å²) in [4.78, 5) is 21.4. The van der Waals surface area contributed by atoms with Gasteiger partial charge in [0.1, 0.15) is 5.75 Å². The van der Waals surface area contributed by atoms with Crippen molar-refractivity contribution in [3.63, 3.8) is 0 Å². The highest BCUT2D eigenvalue weighted by molar-refractivity contribution is 5.78. The minimum absolute atomic E-state index is 0.00581. The maximum Gasteiger partial charge on any atom is 0.260 e. The zero-order valence-electron chi connectivity index (χ0n) is 16.4. The fourth-order valence-corrected chi connectivity index (χ4v) is 3.41. The van der Waals surface area contributed by atoms with Gasteiger partial charge in [-0.2, -0.15) is 4.98 Å². The quantitative estimate of drug-likeness (QED) is 0.742. The summed E-state index contributed by atoms with van der Waals surface area (Å²) in [6.07, 6.45) is 2.52. The molecule has 1 saturated heterocycles. The first-order valence-corrected chi connectivity index (χ1v) is 9.48. The first-order valence-electron chi connectivity index (χ1n) is 9.48. The molecular formula is C20H28N4O3. The Hall–Kier alpha value is -2.41. The third kappa shape index (κ3) is 5.53. The summed E-state index contributed by atoms with van der Waals surface area (Å²) < 4.78 is 10.8. The highest BCUT2D eigenvalue weighted by atomic mass is 16.5. The van der Waals surface area contributed by atoms with Crippen LogP contribution in [0, 0.1) is 13.8 Å². The van der Waals surface area contributed by atoms with Gasteiger partial charge in [0, 0.05) is 25.9 Å². The van der Waals surface area contributed by atoms with Crippen LogP contribution in [0.5, 0.6) is 5.75 Å². The second-order valence-corrected chi connectivity index (χ2v) is 7.21. The van der Waals surface area contributed by atoms with Gasteiger partial charge in [0.15, 0.2) is 12.4 Å². The third-order valence-corrected chi connectivity index (χ3v) is 4.95. The lowest BCUT2D eigenvalue weighted by Gasteiger charge is -2.37. The molecule has 146 valence electrons. The number of benzene rings is 1. The summed E-state index contributed by atoms with van der Waals surface area (Å²) >= 11 is 0. The van der Waals surface area contributed by atoms with Crippen molar-refractivity contribution >= 4 is 5.91 Å². The van der Waals surface area contributed by atoms with E-state index in [0.717, 1.165) is 37.2 Å². The number of aromatic nitrogens is 2. The molecule has 1 amide bonds. The lowest BCUT2D eigenvalue weighted by atomic mass is 10.0. The van der Waals surface area contributed by atoms with Crippen LogP contribution < -0.4 is 4.74 Å². The molecule has 0 spiro atoms. The Labute approximate surface area is 160 Å². The molecule has 1 aliphatic heterocycles. The van der Waals surface area contributed by atoms with Gasteiger partial charge >= 0.3 is 0 Å². The number of carbonyl (C=O) groups is 1. The van der Waals surface area contributed by atoms with Gasteiger partial charge in [0.05, 0.1) is 0 Å². The Bertz CT molecular complexity index is 753. The normalized spacial score (nSPS) is 15.7. The Balaban J connectivity index is 1.63. The van der Waals surface area contributed by atoms with Gasteiger partial charge in [-0.3, -0.25) is 4.79 Å². The van der Waals surface area contributed by atoms with Crippen molar-refractivity contribution < 1.29 is 14.1 Å². The second kappa shape index (κ2) is 8.99. The topological polar surface area (TPSA) is 71.7 Å². The number of hydrogen-bond acceptors (Lipinski definition) is 6. The number of ether oxygens (including phenoxy) is 1. The average Bonchev–Trinajstić information content (AvgIpc) is 3.07. The van der Waals surface area contributed by atoms with Crippen LogP contribution in [-0.4, -0.2) is 65.2 Å². The molecule has 1 aromatic heterocycles. The Morgan fingerprint density at radius 2 is 2.11 bits per heavy atom. The minimum atomic E-state index is 0.00581. The average molecular weight is 372 g/mol. The zero-order valence-corrected chi connectivity index (χ0v) is 16.4. The summed E-state index contributed by atoms with van der Waals surface area (Å²) in [7, 11) is 2.12. The molecule has 0 saturated carbocycles. The van der Waals surface area contributed by atoms with E-state index in [9.17, 15) is 4.79 Å². The predicted octanol–water partition coefficient (Wildman–Crippen LogP) is 2.23. The van der Waals surface area contributed by atoms with E-state index in [1.54, 1.807) is 6.92 Å². The molecule has 0 radical (unpaired) electrons. The minimum Gasteiger partial charge on any atom is -0.484 e. The number of rotatable bonds is 7. The van der Waals surface area contributed by atoms with E-state index in [2.05, 4.69) is 22.1 Å². The van der Waals surface area contributed by atoms with Crippen molar-refractivity contribution in [2.45, 2.75) is 39.2 Å². The largest absolute Gasteiger partial charge is 0.484 e. The highest BCUT2D eigenvalue weighted by Gasteiger charge is 2.27. The van der Waals surface area contributed by atoms with Gasteiger partial charge in [0.25, 0.3) is 5.91 Å². The van der Waals surface area contributed by atoms with Crippen LogP contribution in [0.15, 0.2) is 28.8 Å². The van der Waals surface area contributed by atoms with Crippen molar-refractivity contribution in [2.24, 2.45) is 0 Å². The fourth-order valence-electron chi connectivity index (χ4n) is 3.41. The van der Waals surface area contributed by atoms with Gasteiger partial charge in [-0.05, 0) is 57.6 Å². The monoisotopic (exact) mass is 372 g/mol. The maximum atomic E-state index is 12.9. The molecule has 0 bridgehead atoms. The third-order valence-electron chi connectivity index (χ3n) is 4.95. The molecular weight excluding hydrogens is 344 g/mol. The summed E-state index contributed by atoms with van der Waals surface area (Å²) in [6.45, 7) is 6.38. The number of amides is 1. The summed E-state index contributed by atoms with van der Waals surface area (Å²) in [5, 5.41) is 3.94. The zero-order chi connectivity index (χ0) is 19.2. The SMILES string of the molecule is Cc1cccc(OCC(=O)N(CCc2noc(C)n2)C2CCN(C)CC2)c1. The van der Waals surface area contributed by atoms with E-state index in [1.165, 1.54) is 0 Å². The van der Waals surface area contributed by atoms with E-state index in [4.69, 9.17) is 9.26 Å². The number of piperidine rings is 1. The van der Waals surface area contributed by atoms with Crippen molar-refractivity contribution in [3.05, 3.63) is 41.5 Å². The predicted molar refractivity (Wildman–Crippen MR) is 102 cm³/mol. The first-order chi connectivity index (χ1) is 13.0. The number of likely N-dealkylation sites (tertiary alicyclic amines) is 1. The Morgan fingerprint density at radius 3 is 2.78 bits per heavy atom. The van der Waals surface area contributed by atoms with Crippen LogP contribution in [0.3, 0.4) is 0 Å². The van der Waals surface area contributed by atoms with E-state index >= 15 is 0 Å². The molecule has 27 heavy (non-hydrogen) atoms. The van der Waals surface area contributed by atoms with Crippen molar-refractivity contribution in [1.29, 1.82) is 0 Å². The van der Waals surface area contributed by atoms with Gasteiger partial charge in [-0.15, -0.1) is 0 Å². The number of aryl methyl sites for hydroxylation is 2. The molecule has 7 nitrogen and oxygen atoms in total. The van der Waals surface area contributed by atoms with Crippen molar-refractivity contribution in [3.8, 4) is 5.75 Å². The molecule has 2 heterocycles. The van der Waals surface area contributed by atoms with E-state index in [1.807, 2.05) is 36.1 Å². The highest BCUT2D eigenvalue weighted by Crippen LogP contribution is 2.18. The smallest absolute Gasteiger partial charge is 0.260 e. The van der Waals surface area contributed by atoms with Crippen LogP contribution in [0.25, 0.3) is 0 Å². The molecule has 3 rings (SSSR count). The van der Waals surface area contributed by atoms with Crippen LogP contribution in [0.1, 0.15) is 30.1 Å². The van der Waals surface area contributed by atoms with Crippen molar-refractivity contribution in [1.82, 2.24) is 19.9 Å². The standard InChI is InChI=1S/C20H28N4O3/c1-15-5-4-6-18(13-15)26-14-20(25)24(17-7-10-23(3)11-8-17)12-9-19-21-16(2)27-22-19/h4-6,13,17H,7-12,14H2,1-3H3. The summed E-state index contributed by atoms with van der Waals surface area (Å²) in [5.74, 6) is 1.91. The molecule has 7 heteroatoms.